The first-order valence-electron chi connectivity index (χ1n) is 5.66. The van der Waals surface area contributed by atoms with Gasteiger partial charge < -0.3 is 9.84 Å². The van der Waals surface area contributed by atoms with Crippen molar-refractivity contribution in [3.05, 3.63) is 12.2 Å². The average Bonchev–Trinajstić information content (AvgIpc) is 2.26. The molecule has 3 nitrogen and oxygen atoms in total. The number of aliphatic hydroxyl groups excluding tert-OH is 1. The third-order valence-corrected chi connectivity index (χ3v) is 2.23. The van der Waals surface area contributed by atoms with Crippen LogP contribution < -0.4 is 0 Å². The molecule has 0 heterocycles. The summed E-state index contributed by atoms with van der Waals surface area (Å²) in [5, 5.41) is 8.56. The minimum Gasteiger partial charge on any atom is -0.466 e. The van der Waals surface area contributed by atoms with Crippen molar-refractivity contribution >= 4 is 5.97 Å². The van der Waals surface area contributed by atoms with Gasteiger partial charge >= 0.3 is 5.97 Å². The van der Waals surface area contributed by atoms with E-state index in [1.165, 1.54) is 32.4 Å². The molecule has 0 aromatic heterocycles. The highest BCUT2D eigenvalue weighted by molar-refractivity contribution is 5.81. The molecule has 1 N–H and O–H groups in total. The molecular weight excluding hydrogens is 192 g/mol. The van der Waals surface area contributed by atoms with E-state index in [1.54, 1.807) is 0 Å². The van der Waals surface area contributed by atoms with Crippen LogP contribution in [0.1, 0.15) is 44.9 Å². The number of aliphatic hydroxyl groups is 1. The van der Waals surface area contributed by atoms with Crippen LogP contribution in [-0.2, 0) is 9.53 Å². The number of allylic oxidation sites excluding steroid dienone is 1. The first-order chi connectivity index (χ1) is 7.31. The van der Waals surface area contributed by atoms with Crippen LogP contribution in [0, 0.1) is 0 Å². The van der Waals surface area contributed by atoms with Crippen molar-refractivity contribution in [2.45, 2.75) is 44.9 Å². The minimum absolute atomic E-state index is 0.280. The van der Waals surface area contributed by atoms with Crippen LogP contribution in [0.5, 0.6) is 0 Å². The molecule has 0 spiro atoms. The van der Waals surface area contributed by atoms with E-state index in [-0.39, 0.29) is 5.97 Å². The van der Waals surface area contributed by atoms with Gasteiger partial charge in [-0.3, -0.25) is 0 Å². The van der Waals surface area contributed by atoms with Crippen molar-refractivity contribution < 1.29 is 14.6 Å². The van der Waals surface area contributed by atoms with Crippen LogP contribution in [0.15, 0.2) is 12.2 Å². The lowest BCUT2D eigenvalue weighted by Crippen LogP contribution is -1.93. The molecule has 88 valence electrons. The Morgan fingerprint density at radius 1 is 1.13 bits per heavy atom. The summed E-state index contributed by atoms with van der Waals surface area (Å²) in [7, 11) is 1.38. The Hall–Kier alpha value is -0.830. The average molecular weight is 214 g/mol. The van der Waals surface area contributed by atoms with E-state index in [0.29, 0.717) is 6.61 Å². The molecule has 0 aromatic carbocycles. The van der Waals surface area contributed by atoms with Gasteiger partial charge in [-0.1, -0.05) is 31.8 Å². The van der Waals surface area contributed by atoms with Crippen LogP contribution in [0.2, 0.25) is 0 Å². The molecule has 0 aliphatic rings. The Labute approximate surface area is 92.1 Å². The van der Waals surface area contributed by atoms with Crippen molar-refractivity contribution in [1.82, 2.24) is 0 Å². The first kappa shape index (κ1) is 14.2. The summed E-state index contributed by atoms with van der Waals surface area (Å²) in [6, 6.07) is 0. The van der Waals surface area contributed by atoms with E-state index in [2.05, 4.69) is 4.74 Å². The molecule has 0 unspecified atom stereocenters. The van der Waals surface area contributed by atoms with Crippen molar-refractivity contribution in [1.29, 1.82) is 0 Å². The fraction of sp³-hybridized carbons (Fsp3) is 0.750. The van der Waals surface area contributed by atoms with Gasteiger partial charge in [-0.25, -0.2) is 4.79 Å². The molecule has 15 heavy (non-hydrogen) atoms. The molecule has 0 fully saturated rings. The van der Waals surface area contributed by atoms with Gasteiger partial charge in [-0.05, 0) is 19.3 Å². The van der Waals surface area contributed by atoms with E-state index in [9.17, 15) is 4.79 Å². The van der Waals surface area contributed by atoms with E-state index in [1.807, 2.05) is 6.08 Å². The molecule has 0 saturated heterocycles. The number of hydrogen-bond acceptors (Lipinski definition) is 3. The highest BCUT2D eigenvalue weighted by Gasteiger charge is 1.91. The van der Waals surface area contributed by atoms with Gasteiger partial charge in [0.1, 0.15) is 0 Å². The minimum atomic E-state index is -0.280. The number of methoxy groups -OCH3 is 1. The molecule has 0 bridgehead atoms. The van der Waals surface area contributed by atoms with Gasteiger partial charge in [-0.15, -0.1) is 0 Å². The Kier molecular flexibility index (Phi) is 10.6. The summed E-state index contributed by atoms with van der Waals surface area (Å²) in [5.74, 6) is -0.280. The summed E-state index contributed by atoms with van der Waals surface area (Å²) >= 11 is 0. The molecule has 0 atom stereocenters. The molecule has 0 radical (unpaired) electrons. The number of rotatable bonds is 9. The van der Waals surface area contributed by atoms with Gasteiger partial charge in [0, 0.05) is 12.7 Å². The standard InChI is InChI=1S/C12H22O3/c1-15-12(14)10-8-6-4-2-3-5-7-9-11-13/h8,10,13H,2-7,9,11H2,1H3/b10-8+. The molecule has 0 aromatic rings. The fourth-order valence-electron chi connectivity index (χ4n) is 1.33. The zero-order valence-electron chi connectivity index (χ0n) is 9.58. The normalized spacial score (nSPS) is 10.8. The van der Waals surface area contributed by atoms with Gasteiger partial charge in [0.05, 0.1) is 7.11 Å². The Morgan fingerprint density at radius 2 is 1.73 bits per heavy atom. The van der Waals surface area contributed by atoms with Crippen LogP contribution in [0.4, 0.5) is 0 Å². The highest BCUT2D eigenvalue weighted by Crippen LogP contribution is 2.07. The fourth-order valence-corrected chi connectivity index (χ4v) is 1.33. The Morgan fingerprint density at radius 3 is 2.33 bits per heavy atom. The second-order valence-electron chi connectivity index (χ2n) is 3.56. The molecule has 0 amide bonds. The monoisotopic (exact) mass is 214 g/mol. The van der Waals surface area contributed by atoms with Crippen LogP contribution in [0.25, 0.3) is 0 Å². The van der Waals surface area contributed by atoms with E-state index in [4.69, 9.17) is 5.11 Å². The van der Waals surface area contributed by atoms with Gasteiger partial charge in [0.2, 0.25) is 0 Å². The number of hydrogen-bond donors (Lipinski definition) is 1. The lowest BCUT2D eigenvalue weighted by Gasteiger charge is -1.98. The van der Waals surface area contributed by atoms with Gasteiger partial charge in [-0.2, -0.15) is 0 Å². The van der Waals surface area contributed by atoms with Gasteiger partial charge in [0.15, 0.2) is 0 Å². The van der Waals surface area contributed by atoms with E-state index in [0.717, 1.165) is 25.7 Å². The zero-order chi connectivity index (χ0) is 11.4. The number of carbonyl (C=O) groups is 1. The molecule has 0 aliphatic heterocycles. The predicted octanol–water partition coefficient (Wildman–Crippen LogP) is 2.44. The smallest absolute Gasteiger partial charge is 0.330 e. The number of ether oxygens (including phenoxy) is 1. The van der Waals surface area contributed by atoms with Crippen molar-refractivity contribution in [3.63, 3.8) is 0 Å². The summed E-state index contributed by atoms with van der Waals surface area (Å²) in [5.41, 5.74) is 0. The number of carbonyl (C=O) groups excluding carboxylic acids is 1. The molecule has 0 aliphatic carbocycles. The van der Waals surface area contributed by atoms with Gasteiger partial charge in [0.25, 0.3) is 0 Å². The molecule has 3 heteroatoms. The maximum atomic E-state index is 10.7. The lowest BCUT2D eigenvalue weighted by atomic mass is 10.1. The SMILES string of the molecule is COC(=O)/C=C/CCCCCCCCO. The lowest BCUT2D eigenvalue weighted by molar-refractivity contribution is -0.134. The van der Waals surface area contributed by atoms with Crippen molar-refractivity contribution in [3.8, 4) is 0 Å². The topological polar surface area (TPSA) is 46.5 Å². The number of esters is 1. The molecule has 0 saturated carbocycles. The largest absolute Gasteiger partial charge is 0.466 e. The maximum absolute atomic E-state index is 10.7. The summed E-state index contributed by atoms with van der Waals surface area (Å²) in [4.78, 5) is 10.7. The second kappa shape index (κ2) is 11.2. The Bertz CT molecular complexity index is 176. The summed E-state index contributed by atoms with van der Waals surface area (Å²) in [6.07, 6.45) is 11.0. The zero-order valence-corrected chi connectivity index (χ0v) is 9.58. The third kappa shape index (κ3) is 11.1. The van der Waals surface area contributed by atoms with Crippen LogP contribution >= 0.6 is 0 Å². The Balaban J connectivity index is 3.11. The van der Waals surface area contributed by atoms with Crippen LogP contribution in [0.3, 0.4) is 0 Å². The highest BCUT2D eigenvalue weighted by atomic mass is 16.5. The third-order valence-electron chi connectivity index (χ3n) is 2.23. The summed E-state index contributed by atoms with van der Waals surface area (Å²) < 4.78 is 4.47. The molecular formula is C12H22O3. The van der Waals surface area contributed by atoms with Crippen LogP contribution in [-0.4, -0.2) is 24.8 Å². The first-order valence-corrected chi connectivity index (χ1v) is 5.66. The van der Waals surface area contributed by atoms with Crippen molar-refractivity contribution in [2.24, 2.45) is 0 Å². The number of unbranched alkanes of at least 4 members (excludes halogenated alkanes) is 6. The maximum Gasteiger partial charge on any atom is 0.330 e. The molecule has 0 rings (SSSR count). The predicted molar refractivity (Wildman–Crippen MR) is 60.6 cm³/mol. The van der Waals surface area contributed by atoms with E-state index >= 15 is 0 Å². The second-order valence-corrected chi connectivity index (χ2v) is 3.56. The van der Waals surface area contributed by atoms with E-state index < -0.39 is 0 Å². The quantitative estimate of drug-likeness (QED) is 0.364. The summed E-state index contributed by atoms with van der Waals surface area (Å²) in [6.45, 7) is 0.307. The van der Waals surface area contributed by atoms with Crippen molar-refractivity contribution in [2.75, 3.05) is 13.7 Å².